The summed E-state index contributed by atoms with van der Waals surface area (Å²) < 4.78 is 27.8. The number of hydrogen-bond acceptors (Lipinski definition) is 1. The Morgan fingerprint density at radius 2 is 1.63 bits per heavy atom. The summed E-state index contributed by atoms with van der Waals surface area (Å²) in [5.41, 5.74) is 4.94. The Labute approximate surface area is 180 Å². The van der Waals surface area contributed by atoms with Gasteiger partial charge in [-0.15, -0.1) is 11.6 Å². The first-order valence-electron chi connectivity index (χ1n) is 9.95. The highest BCUT2D eigenvalue weighted by Crippen LogP contribution is 2.26. The highest BCUT2D eigenvalue weighted by atomic mass is 35.5. The van der Waals surface area contributed by atoms with Crippen LogP contribution in [0.2, 0.25) is 0 Å². The summed E-state index contributed by atoms with van der Waals surface area (Å²) in [5.74, 6) is -2.56. The fourth-order valence-electron chi connectivity index (χ4n) is 3.45. The molecule has 0 heterocycles. The topological polar surface area (TPSA) is 29.1 Å². The number of amides is 1. The molecule has 5 heteroatoms. The normalized spacial score (nSPS) is 11.9. The van der Waals surface area contributed by atoms with E-state index in [0.717, 1.165) is 41.7 Å². The van der Waals surface area contributed by atoms with E-state index in [9.17, 15) is 13.6 Å². The van der Waals surface area contributed by atoms with Crippen LogP contribution < -0.4 is 5.32 Å². The van der Waals surface area contributed by atoms with Gasteiger partial charge in [0.25, 0.3) is 5.91 Å². The third-order valence-electron chi connectivity index (χ3n) is 5.16. The van der Waals surface area contributed by atoms with Crippen molar-refractivity contribution in [2.75, 3.05) is 5.88 Å². The number of aryl methyl sites for hydroxylation is 2. The Hall–Kier alpha value is -2.72. The Morgan fingerprint density at radius 3 is 2.23 bits per heavy atom. The van der Waals surface area contributed by atoms with Gasteiger partial charge >= 0.3 is 0 Å². The number of halogens is 3. The van der Waals surface area contributed by atoms with Crippen LogP contribution in [0.15, 0.2) is 60.7 Å². The first-order chi connectivity index (χ1) is 14.4. The van der Waals surface area contributed by atoms with Crippen LogP contribution in [0.1, 0.15) is 46.4 Å². The van der Waals surface area contributed by atoms with Gasteiger partial charge in [0, 0.05) is 5.88 Å². The second-order valence-electron chi connectivity index (χ2n) is 7.29. The molecule has 0 aliphatic rings. The zero-order chi connectivity index (χ0) is 21.7. The molecule has 1 unspecified atom stereocenters. The van der Waals surface area contributed by atoms with Crippen molar-refractivity contribution < 1.29 is 13.6 Å². The maximum absolute atomic E-state index is 13.9. The Bertz CT molecular complexity index is 1010. The summed E-state index contributed by atoms with van der Waals surface area (Å²) in [7, 11) is 0. The number of carbonyl (C=O) groups excluding carboxylic acids is 1. The number of carbonyl (C=O) groups is 1. The standard InChI is InChI=1S/C25H24ClF2NO/c1-3-5-19-14-20(9-8-16(19)2)17-10-12-18(13-11-17)23(15-26)29-25(30)24-21(27)6-4-7-22(24)28/h4,6-14,23H,3,5,15H2,1-2H3,(H,29,30). The summed E-state index contributed by atoms with van der Waals surface area (Å²) in [6.07, 6.45) is 2.12. The van der Waals surface area contributed by atoms with Crippen LogP contribution in [0.4, 0.5) is 8.78 Å². The number of hydrogen-bond donors (Lipinski definition) is 1. The van der Waals surface area contributed by atoms with Crippen molar-refractivity contribution in [2.45, 2.75) is 32.7 Å². The Morgan fingerprint density at radius 1 is 1.00 bits per heavy atom. The number of rotatable bonds is 7. The molecule has 0 fully saturated rings. The third kappa shape index (κ3) is 4.88. The molecule has 2 nitrogen and oxygen atoms in total. The SMILES string of the molecule is CCCc1cc(-c2ccc(C(CCl)NC(=O)c3c(F)cccc3F)cc2)ccc1C. The minimum absolute atomic E-state index is 0.0757. The van der Waals surface area contributed by atoms with Gasteiger partial charge in [0.2, 0.25) is 0 Å². The molecule has 0 radical (unpaired) electrons. The molecule has 0 aliphatic carbocycles. The van der Waals surface area contributed by atoms with Gasteiger partial charge in [0.05, 0.1) is 6.04 Å². The predicted molar refractivity (Wildman–Crippen MR) is 118 cm³/mol. The molecule has 1 atom stereocenters. The average molecular weight is 428 g/mol. The molecule has 3 rings (SSSR count). The largest absolute Gasteiger partial charge is 0.344 e. The van der Waals surface area contributed by atoms with Crippen molar-refractivity contribution in [3.63, 3.8) is 0 Å². The second kappa shape index (κ2) is 9.86. The van der Waals surface area contributed by atoms with Gasteiger partial charge in [-0.3, -0.25) is 4.79 Å². The summed E-state index contributed by atoms with van der Waals surface area (Å²) in [4.78, 5) is 12.4. The summed E-state index contributed by atoms with van der Waals surface area (Å²) in [6, 6.07) is 16.8. The van der Waals surface area contributed by atoms with Crippen LogP contribution in [-0.2, 0) is 6.42 Å². The lowest BCUT2D eigenvalue weighted by Gasteiger charge is -2.18. The average Bonchev–Trinajstić information content (AvgIpc) is 2.74. The van der Waals surface area contributed by atoms with Crippen LogP contribution in [-0.4, -0.2) is 11.8 Å². The van der Waals surface area contributed by atoms with Crippen molar-refractivity contribution in [1.82, 2.24) is 5.32 Å². The summed E-state index contributed by atoms with van der Waals surface area (Å²) >= 11 is 6.04. The van der Waals surface area contributed by atoms with E-state index in [0.29, 0.717) is 0 Å². The monoisotopic (exact) mass is 427 g/mol. The van der Waals surface area contributed by atoms with E-state index in [2.05, 4.69) is 37.4 Å². The van der Waals surface area contributed by atoms with E-state index in [1.807, 2.05) is 24.3 Å². The second-order valence-corrected chi connectivity index (χ2v) is 7.60. The number of alkyl halides is 1. The zero-order valence-electron chi connectivity index (χ0n) is 17.0. The molecule has 1 amide bonds. The van der Waals surface area contributed by atoms with E-state index in [4.69, 9.17) is 11.6 Å². The Kier molecular flexibility index (Phi) is 7.22. The van der Waals surface area contributed by atoms with Crippen molar-refractivity contribution >= 4 is 17.5 Å². The zero-order valence-corrected chi connectivity index (χ0v) is 17.8. The molecule has 30 heavy (non-hydrogen) atoms. The van der Waals surface area contributed by atoms with Gasteiger partial charge in [-0.2, -0.15) is 0 Å². The molecule has 0 saturated carbocycles. The van der Waals surface area contributed by atoms with E-state index < -0.39 is 29.1 Å². The van der Waals surface area contributed by atoms with E-state index in [1.165, 1.54) is 17.2 Å². The van der Waals surface area contributed by atoms with Gasteiger partial charge in [-0.05, 0) is 53.3 Å². The smallest absolute Gasteiger partial charge is 0.257 e. The quantitative estimate of drug-likeness (QED) is 0.423. The van der Waals surface area contributed by atoms with Gasteiger partial charge in [-0.25, -0.2) is 8.78 Å². The maximum atomic E-state index is 13.9. The van der Waals surface area contributed by atoms with Gasteiger partial charge in [-0.1, -0.05) is 61.9 Å². The fourth-order valence-corrected chi connectivity index (χ4v) is 3.71. The lowest BCUT2D eigenvalue weighted by atomic mass is 9.96. The molecule has 0 aromatic heterocycles. The lowest BCUT2D eigenvalue weighted by molar-refractivity contribution is 0.0932. The molecule has 1 N–H and O–H groups in total. The molecule has 0 saturated heterocycles. The molecule has 3 aromatic carbocycles. The minimum Gasteiger partial charge on any atom is -0.344 e. The van der Waals surface area contributed by atoms with E-state index in [-0.39, 0.29) is 5.88 Å². The van der Waals surface area contributed by atoms with Gasteiger partial charge in [0.1, 0.15) is 17.2 Å². The predicted octanol–water partition coefficient (Wildman–Crippen LogP) is 6.60. The van der Waals surface area contributed by atoms with Crippen molar-refractivity contribution in [3.05, 3.63) is 94.6 Å². The number of nitrogens with one attached hydrogen (secondary N) is 1. The third-order valence-corrected chi connectivity index (χ3v) is 5.47. The highest BCUT2D eigenvalue weighted by molar-refractivity contribution is 6.18. The molecular formula is C25H24ClF2NO. The van der Waals surface area contributed by atoms with Crippen LogP contribution in [0, 0.1) is 18.6 Å². The molecule has 156 valence electrons. The van der Waals surface area contributed by atoms with E-state index >= 15 is 0 Å². The minimum atomic E-state index is -0.904. The highest BCUT2D eigenvalue weighted by Gasteiger charge is 2.21. The Balaban J connectivity index is 1.80. The van der Waals surface area contributed by atoms with Crippen molar-refractivity contribution in [2.24, 2.45) is 0 Å². The molecule has 3 aromatic rings. The van der Waals surface area contributed by atoms with Crippen LogP contribution in [0.3, 0.4) is 0 Å². The first-order valence-corrected chi connectivity index (χ1v) is 10.5. The van der Waals surface area contributed by atoms with Crippen molar-refractivity contribution in [1.29, 1.82) is 0 Å². The molecule has 0 aliphatic heterocycles. The fraction of sp³-hybridized carbons (Fsp3) is 0.240. The molecule has 0 bridgehead atoms. The molecular weight excluding hydrogens is 404 g/mol. The van der Waals surface area contributed by atoms with E-state index in [1.54, 1.807) is 0 Å². The maximum Gasteiger partial charge on any atom is 0.257 e. The number of benzene rings is 3. The van der Waals surface area contributed by atoms with Gasteiger partial charge < -0.3 is 5.32 Å². The van der Waals surface area contributed by atoms with Gasteiger partial charge in [0.15, 0.2) is 0 Å². The van der Waals surface area contributed by atoms with Crippen molar-refractivity contribution in [3.8, 4) is 11.1 Å². The van der Waals surface area contributed by atoms with Crippen LogP contribution in [0.5, 0.6) is 0 Å². The van der Waals surface area contributed by atoms with Crippen LogP contribution >= 0.6 is 11.6 Å². The lowest BCUT2D eigenvalue weighted by Crippen LogP contribution is -2.31. The summed E-state index contributed by atoms with van der Waals surface area (Å²) in [5, 5.41) is 2.62. The molecule has 0 spiro atoms. The first kappa shape index (κ1) is 22.0. The summed E-state index contributed by atoms with van der Waals surface area (Å²) in [6.45, 7) is 4.28. The van der Waals surface area contributed by atoms with Crippen LogP contribution in [0.25, 0.3) is 11.1 Å².